The van der Waals surface area contributed by atoms with Crippen molar-refractivity contribution >= 4 is 0 Å². The number of fused-ring (bicyclic) bond motifs is 1. The third kappa shape index (κ3) is 5.28. The molecule has 4 heteroatoms. The minimum absolute atomic E-state index is 0. The first-order valence-corrected chi connectivity index (χ1v) is 9.19. The number of nitrogens with zero attached hydrogens (tertiary/aromatic N) is 3. The molecule has 0 saturated carbocycles. The number of aryl methyl sites for hydroxylation is 2. The van der Waals surface area contributed by atoms with Crippen molar-refractivity contribution in [3.05, 3.63) is 66.0 Å². The van der Waals surface area contributed by atoms with E-state index in [1.165, 1.54) is 17.7 Å². The molecule has 0 saturated heterocycles. The van der Waals surface area contributed by atoms with Crippen LogP contribution in [0, 0.1) is 6.07 Å². The van der Waals surface area contributed by atoms with E-state index in [2.05, 4.69) is 21.0 Å². The molecule has 26 heavy (non-hydrogen) atoms. The maximum atomic E-state index is 4.67. The quantitative estimate of drug-likeness (QED) is 0.392. The Kier molecular flexibility index (Phi) is 9.90. The first-order chi connectivity index (χ1) is 12.4. The van der Waals surface area contributed by atoms with Crippen LogP contribution < -0.4 is 0 Å². The first kappa shape index (κ1) is 22.1. The van der Waals surface area contributed by atoms with Crippen molar-refractivity contribution < 1.29 is 19.5 Å². The summed E-state index contributed by atoms with van der Waals surface area (Å²) in [7, 11) is 0. The molecule has 1 aliphatic rings. The number of rotatable bonds is 2. The number of aromatic nitrogens is 3. The molecule has 0 unspecified atom stereocenters. The summed E-state index contributed by atoms with van der Waals surface area (Å²) in [6.07, 6.45) is 5.28. The Morgan fingerprint density at radius 2 is 1.62 bits per heavy atom. The van der Waals surface area contributed by atoms with Crippen LogP contribution in [0.4, 0.5) is 0 Å². The van der Waals surface area contributed by atoms with Crippen LogP contribution >= 0.6 is 0 Å². The summed E-state index contributed by atoms with van der Waals surface area (Å²) in [6.45, 7) is 8.00. The van der Waals surface area contributed by atoms with Crippen LogP contribution in [0.2, 0.25) is 0 Å². The van der Waals surface area contributed by atoms with E-state index in [-0.39, 0.29) is 19.5 Å². The predicted molar refractivity (Wildman–Crippen MR) is 104 cm³/mol. The molecule has 0 bridgehead atoms. The summed E-state index contributed by atoms with van der Waals surface area (Å²) >= 11 is 0. The smallest absolute Gasteiger partial charge is 0.165 e. The zero-order valence-electron chi connectivity index (χ0n) is 15.9. The Morgan fingerprint density at radius 1 is 0.885 bits per heavy atom. The molecule has 2 heterocycles. The minimum atomic E-state index is 0. The largest absolute Gasteiger partial charge is 0.284 e. The molecule has 1 aliphatic carbocycles. The summed E-state index contributed by atoms with van der Waals surface area (Å²) in [5.41, 5.74) is 5.15. The van der Waals surface area contributed by atoms with Gasteiger partial charge in [-0.15, -0.1) is 18.2 Å². The second-order valence-corrected chi connectivity index (χ2v) is 5.21. The fraction of sp³-hybridized carbons (Fsp3) is 0.318. The average Bonchev–Trinajstić information content (AvgIpc) is 3.20. The first-order valence-electron chi connectivity index (χ1n) is 9.19. The van der Waals surface area contributed by atoms with Gasteiger partial charge in [-0.1, -0.05) is 51.5 Å². The molecule has 139 valence electrons. The molecule has 3 nitrogen and oxygen atoms in total. The summed E-state index contributed by atoms with van der Waals surface area (Å²) in [4.78, 5) is 13.8. The van der Waals surface area contributed by atoms with Gasteiger partial charge in [0.2, 0.25) is 0 Å². The molecule has 0 spiro atoms. The summed E-state index contributed by atoms with van der Waals surface area (Å²) in [6, 6.07) is 17.1. The van der Waals surface area contributed by atoms with Gasteiger partial charge in [-0.05, 0) is 30.5 Å². The van der Waals surface area contributed by atoms with Gasteiger partial charge in [-0.2, -0.15) is 12.1 Å². The van der Waals surface area contributed by atoms with Crippen LogP contribution in [0.1, 0.15) is 45.4 Å². The fourth-order valence-electron chi connectivity index (χ4n) is 2.70. The van der Waals surface area contributed by atoms with Crippen molar-refractivity contribution in [1.82, 2.24) is 15.0 Å². The Hall–Kier alpha value is -1.93. The van der Waals surface area contributed by atoms with Crippen molar-refractivity contribution in [3.8, 4) is 22.8 Å². The maximum absolute atomic E-state index is 4.67. The second kappa shape index (κ2) is 11.6. The van der Waals surface area contributed by atoms with Gasteiger partial charge in [0.1, 0.15) is 0 Å². The molecule has 0 aliphatic heterocycles. The number of hydrogen-bond acceptors (Lipinski definition) is 3. The molecule has 0 amide bonds. The van der Waals surface area contributed by atoms with Gasteiger partial charge >= 0.3 is 0 Å². The van der Waals surface area contributed by atoms with Gasteiger partial charge in [0.15, 0.2) is 5.82 Å². The molecule has 0 fully saturated rings. The van der Waals surface area contributed by atoms with E-state index in [9.17, 15) is 0 Å². The maximum Gasteiger partial charge on any atom is 0.165 e. The van der Waals surface area contributed by atoms with Crippen LogP contribution in [0.5, 0.6) is 0 Å². The minimum Gasteiger partial charge on any atom is -0.284 e. The van der Waals surface area contributed by atoms with Crippen LogP contribution in [-0.2, 0) is 32.3 Å². The van der Waals surface area contributed by atoms with Gasteiger partial charge in [-0.3, -0.25) is 4.98 Å². The van der Waals surface area contributed by atoms with Crippen molar-refractivity contribution in [3.63, 3.8) is 0 Å². The van der Waals surface area contributed by atoms with E-state index in [0.717, 1.165) is 29.8 Å². The molecule has 0 N–H and O–H groups in total. The number of hydrogen-bond donors (Lipinski definition) is 0. The summed E-state index contributed by atoms with van der Waals surface area (Å²) in [5.74, 6) is 0.710. The van der Waals surface area contributed by atoms with Gasteiger partial charge in [0.05, 0.1) is 5.69 Å². The van der Waals surface area contributed by atoms with Gasteiger partial charge in [-0.25, -0.2) is 9.97 Å². The second-order valence-electron chi connectivity index (χ2n) is 5.21. The van der Waals surface area contributed by atoms with Crippen LogP contribution in [0.15, 0.2) is 48.7 Å². The molecule has 1 aromatic carbocycles. The molecule has 2 aromatic heterocycles. The average molecular weight is 435 g/mol. The van der Waals surface area contributed by atoms with Crippen molar-refractivity contribution in [2.75, 3.05) is 0 Å². The van der Waals surface area contributed by atoms with Crippen molar-refractivity contribution in [2.24, 2.45) is 0 Å². The number of benzene rings is 1. The topological polar surface area (TPSA) is 38.7 Å². The predicted octanol–water partition coefficient (Wildman–Crippen LogP) is 5.54. The molecule has 4 rings (SSSR count). The summed E-state index contributed by atoms with van der Waals surface area (Å²) < 4.78 is 0. The van der Waals surface area contributed by atoms with Crippen LogP contribution in [-0.4, -0.2) is 15.0 Å². The van der Waals surface area contributed by atoms with E-state index in [1.807, 2.05) is 76.4 Å². The zero-order chi connectivity index (χ0) is 18.1. The third-order valence-electron chi connectivity index (χ3n) is 3.78. The number of pyridine rings is 1. The molecule has 1 radical (unpaired) electrons. The van der Waals surface area contributed by atoms with Gasteiger partial charge in [0.25, 0.3) is 0 Å². The van der Waals surface area contributed by atoms with Crippen molar-refractivity contribution in [1.29, 1.82) is 0 Å². The van der Waals surface area contributed by atoms with E-state index in [4.69, 9.17) is 0 Å². The van der Waals surface area contributed by atoms with Crippen molar-refractivity contribution in [2.45, 2.75) is 47.0 Å². The molecular formula is C22H26N3Rh-. The summed E-state index contributed by atoms with van der Waals surface area (Å²) in [5, 5.41) is 0. The van der Waals surface area contributed by atoms with Crippen LogP contribution in [0.3, 0.4) is 0 Å². The SMILES string of the molecule is CC.CC.[Rh].[c-]1ccc(-c2ncc3c(n2)CCC3)nc1-c1ccccc1. The molecule has 0 atom stereocenters. The van der Waals surface area contributed by atoms with E-state index in [0.29, 0.717) is 5.82 Å². The van der Waals surface area contributed by atoms with Gasteiger partial charge in [0, 0.05) is 31.4 Å². The Bertz CT molecular complexity index is 788. The molecular weight excluding hydrogens is 409 g/mol. The Balaban J connectivity index is 0.000000635. The zero-order valence-corrected chi connectivity index (χ0v) is 17.6. The normalized spacial score (nSPS) is 11.1. The van der Waals surface area contributed by atoms with Crippen LogP contribution in [0.25, 0.3) is 22.8 Å². The van der Waals surface area contributed by atoms with E-state index < -0.39 is 0 Å². The Morgan fingerprint density at radius 3 is 2.35 bits per heavy atom. The van der Waals surface area contributed by atoms with Gasteiger partial charge < -0.3 is 0 Å². The Labute approximate surface area is 170 Å². The third-order valence-corrected chi connectivity index (χ3v) is 3.78. The fourth-order valence-corrected chi connectivity index (χ4v) is 2.70. The standard InChI is InChI=1S/C18H14N3.2C2H6.Rh/c1-2-6-13(7-3-1)15-10-5-11-17(20-15)18-19-12-14-8-4-9-16(14)21-18;2*1-2;/h1-3,5-7,11-12H,4,8-9H2;2*1-2H3;/q-1;;;. The van der Waals surface area contributed by atoms with E-state index in [1.54, 1.807) is 0 Å². The van der Waals surface area contributed by atoms with E-state index >= 15 is 0 Å². The monoisotopic (exact) mass is 435 g/mol. The molecule has 3 aromatic rings.